The molecule has 0 aliphatic carbocycles. The lowest BCUT2D eigenvalue weighted by atomic mass is 9.93. The van der Waals surface area contributed by atoms with E-state index in [1.807, 2.05) is 30.3 Å². The number of hydrogen-bond donors (Lipinski definition) is 0. The van der Waals surface area contributed by atoms with E-state index in [1.54, 1.807) is 17.8 Å². The summed E-state index contributed by atoms with van der Waals surface area (Å²) >= 11 is 1.79. The molecule has 0 aliphatic rings. The number of thioether (sulfide) groups is 1. The van der Waals surface area contributed by atoms with E-state index in [1.165, 1.54) is 27.1 Å². The van der Waals surface area contributed by atoms with Crippen LogP contribution in [-0.2, 0) is 19.3 Å². The molecule has 132 valence electrons. The van der Waals surface area contributed by atoms with Crippen molar-refractivity contribution in [1.29, 1.82) is 0 Å². The van der Waals surface area contributed by atoms with Crippen molar-refractivity contribution in [2.24, 2.45) is 0 Å². The van der Waals surface area contributed by atoms with Crippen molar-refractivity contribution >= 4 is 23.6 Å². The van der Waals surface area contributed by atoms with E-state index in [0.29, 0.717) is 0 Å². The maximum Gasteiger partial charge on any atom is 0.185 e. The highest BCUT2D eigenvalue weighted by molar-refractivity contribution is 7.99. The van der Waals surface area contributed by atoms with Gasteiger partial charge in [0.05, 0.1) is 0 Å². The predicted octanol–water partition coefficient (Wildman–Crippen LogP) is 6.38. The third-order valence-electron chi connectivity index (χ3n) is 4.44. The SMILES string of the molecule is CCSc1ccc(C(=O)/C=C/c2cc(CC)cc(CC)c2CC)cc1. The van der Waals surface area contributed by atoms with E-state index in [4.69, 9.17) is 0 Å². The number of hydrogen-bond acceptors (Lipinski definition) is 2. The first-order valence-electron chi connectivity index (χ1n) is 9.22. The molecule has 0 heterocycles. The largest absolute Gasteiger partial charge is 0.289 e. The van der Waals surface area contributed by atoms with Gasteiger partial charge in [-0.25, -0.2) is 0 Å². The van der Waals surface area contributed by atoms with Gasteiger partial charge in [0.1, 0.15) is 0 Å². The standard InChI is InChI=1S/C23H28OS/c1-5-17-15-18(6-2)22(7-3)20(16-17)11-14-23(24)19-9-12-21(13-10-19)25-8-4/h9-16H,5-8H2,1-4H3/b14-11+. The molecule has 0 N–H and O–H groups in total. The number of allylic oxidation sites excluding steroid dienone is 1. The Kier molecular flexibility index (Phi) is 7.52. The zero-order chi connectivity index (χ0) is 18.2. The lowest BCUT2D eigenvalue weighted by Gasteiger charge is -2.12. The molecule has 0 fully saturated rings. The molecule has 1 nitrogen and oxygen atoms in total. The molecule has 25 heavy (non-hydrogen) atoms. The Morgan fingerprint density at radius 1 is 0.960 bits per heavy atom. The van der Waals surface area contributed by atoms with Gasteiger partial charge in [-0.1, -0.05) is 45.9 Å². The third kappa shape index (κ3) is 5.09. The van der Waals surface area contributed by atoms with Crippen molar-refractivity contribution in [3.63, 3.8) is 0 Å². The summed E-state index contributed by atoms with van der Waals surface area (Å²) in [4.78, 5) is 13.7. The third-order valence-corrected chi connectivity index (χ3v) is 5.34. The quantitative estimate of drug-likeness (QED) is 0.311. The Morgan fingerprint density at radius 3 is 2.24 bits per heavy atom. The van der Waals surface area contributed by atoms with Crippen LogP contribution in [0.2, 0.25) is 0 Å². The highest BCUT2D eigenvalue weighted by Gasteiger charge is 2.07. The maximum absolute atomic E-state index is 12.5. The lowest BCUT2D eigenvalue weighted by Crippen LogP contribution is -1.99. The van der Waals surface area contributed by atoms with Crippen LogP contribution in [0.1, 0.15) is 60.3 Å². The molecule has 0 aliphatic heterocycles. The minimum atomic E-state index is 0.0649. The number of carbonyl (C=O) groups is 1. The normalized spacial score (nSPS) is 11.2. The molecule has 0 amide bonds. The van der Waals surface area contributed by atoms with Crippen LogP contribution >= 0.6 is 11.8 Å². The minimum Gasteiger partial charge on any atom is -0.289 e. The van der Waals surface area contributed by atoms with E-state index < -0.39 is 0 Å². The van der Waals surface area contributed by atoms with Gasteiger partial charge >= 0.3 is 0 Å². The highest BCUT2D eigenvalue weighted by Crippen LogP contribution is 2.22. The molecule has 0 unspecified atom stereocenters. The summed E-state index contributed by atoms with van der Waals surface area (Å²) in [5, 5.41) is 0. The van der Waals surface area contributed by atoms with Crippen LogP contribution < -0.4 is 0 Å². The van der Waals surface area contributed by atoms with Crippen LogP contribution in [-0.4, -0.2) is 11.5 Å². The maximum atomic E-state index is 12.5. The average Bonchev–Trinajstić information content (AvgIpc) is 2.65. The van der Waals surface area contributed by atoms with Crippen LogP contribution in [0.5, 0.6) is 0 Å². The van der Waals surface area contributed by atoms with Crippen LogP contribution in [0.25, 0.3) is 6.08 Å². The van der Waals surface area contributed by atoms with Crippen molar-refractivity contribution in [3.05, 3.63) is 70.3 Å². The summed E-state index contributed by atoms with van der Waals surface area (Å²) in [6.45, 7) is 8.69. The topological polar surface area (TPSA) is 17.1 Å². The second-order valence-electron chi connectivity index (χ2n) is 6.04. The molecule has 0 bridgehead atoms. The van der Waals surface area contributed by atoms with Gasteiger partial charge in [-0.05, 0) is 77.6 Å². The zero-order valence-electron chi connectivity index (χ0n) is 15.8. The van der Waals surface area contributed by atoms with Gasteiger partial charge in [-0.15, -0.1) is 11.8 Å². The fourth-order valence-corrected chi connectivity index (χ4v) is 3.73. The first kappa shape index (κ1) is 19.5. The predicted molar refractivity (Wildman–Crippen MR) is 111 cm³/mol. The Balaban J connectivity index is 2.26. The molecule has 0 saturated heterocycles. The molecular weight excluding hydrogens is 324 g/mol. The van der Waals surface area contributed by atoms with Crippen molar-refractivity contribution < 1.29 is 4.79 Å². The number of aryl methyl sites for hydroxylation is 2. The summed E-state index contributed by atoms with van der Waals surface area (Å²) in [6, 6.07) is 12.4. The van der Waals surface area contributed by atoms with E-state index in [-0.39, 0.29) is 5.78 Å². The highest BCUT2D eigenvalue weighted by atomic mass is 32.2. The molecule has 2 aromatic carbocycles. The molecule has 0 saturated carbocycles. The second-order valence-corrected chi connectivity index (χ2v) is 7.38. The summed E-state index contributed by atoms with van der Waals surface area (Å²) in [5.74, 6) is 1.11. The van der Waals surface area contributed by atoms with E-state index >= 15 is 0 Å². The summed E-state index contributed by atoms with van der Waals surface area (Å²) in [7, 11) is 0. The van der Waals surface area contributed by atoms with Crippen molar-refractivity contribution in [2.75, 3.05) is 5.75 Å². The molecule has 0 spiro atoms. The number of rotatable bonds is 8. The Hall–Kier alpha value is -1.80. The van der Waals surface area contributed by atoms with Gasteiger partial charge in [0.2, 0.25) is 0 Å². The Labute approximate surface area is 156 Å². The molecule has 0 aromatic heterocycles. The fraction of sp³-hybridized carbons (Fsp3) is 0.348. The Bertz CT molecular complexity index is 741. The number of ketones is 1. The van der Waals surface area contributed by atoms with Gasteiger partial charge in [-0.2, -0.15) is 0 Å². The average molecular weight is 353 g/mol. The van der Waals surface area contributed by atoms with Gasteiger partial charge in [0.25, 0.3) is 0 Å². The van der Waals surface area contributed by atoms with Gasteiger partial charge < -0.3 is 0 Å². The van der Waals surface area contributed by atoms with Gasteiger partial charge in [-0.3, -0.25) is 4.79 Å². The Morgan fingerprint density at radius 2 is 1.68 bits per heavy atom. The molecule has 2 aromatic rings. The van der Waals surface area contributed by atoms with Crippen LogP contribution in [0.15, 0.2) is 47.4 Å². The fourth-order valence-electron chi connectivity index (χ4n) is 3.07. The smallest absolute Gasteiger partial charge is 0.185 e. The summed E-state index contributed by atoms with van der Waals surface area (Å²) in [5.41, 5.74) is 6.03. The van der Waals surface area contributed by atoms with Crippen molar-refractivity contribution in [1.82, 2.24) is 0 Å². The van der Waals surface area contributed by atoms with Gasteiger partial charge in [0.15, 0.2) is 5.78 Å². The van der Waals surface area contributed by atoms with E-state index in [2.05, 4.69) is 39.8 Å². The molecule has 2 heteroatoms. The van der Waals surface area contributed by atoms with E-state index in [0.717, 1.165) is 30.6 Å². The monoisotopic (exact) mass is 352 g/mol. The van der Waals surface area contributed by atoms with Crippen LogP contribution in [0.4, 0.5) is 0 Å². The molecule has 0 atom stereocenters. The second kappa shape index (κ2) is 9.62. The van der Waals surface area contributed by atoms with Crippen LogP contribution in [0.3, 0.4) is 0 Å². The molecule has 0 radical (unpaired) electrons. The van der Waals surface area contributed by atoms with Crippen molar-refractivity contribution in [3.8, 4) is 0 Å². The zero-order valence-corrected chi connectivity index (χ0v) is 16.6. The lowest BCUT2D eigenvalue weighted by molar-refractivity contribution is 0.104. The summed E-state index contributed by atoms with van der Waals surface area (Å²) < 4.78 is 0. The van der Waals surface area contributed by atoms with Gasteiger partial charge in [0, 0.05) is 10.5 Å². The van der Waals surface area contributed by atoms with Crippen LogP contribution in [0, 0.1) is 0 Å². The van der Waals surface area contributed by atoms with E-state index in [9.17, 15) is 4.79 Å². The molecular formula is C23H28OS. The molecule has 2 rings (SSSR count). The first-order chi connectivity index (χ1) is 12.1. The minimum absolute atomic E-state index is 0.0649. The van der Waals surface area contributed by atoms with Crippen molar-refractivity contribution in [2.45, 2.75) is 51.9 Å². The summed E-state index contributed by atoms with van der Waals surface area (Å²) in [6.07, 6.45) is 6.75. The number of benzene rings is 2. The first-order valence-corrected chi connectivity index (χ1v) is 10.2. The number of carbonyl (C=O) groups excluding carboxylic acids is 1.